The third-order valence-electron chi connectivity index (χ3n) is 3.29. The molecule has 0 N–H and O–H groups in total. The van der Waals surface area contributed by atoms with Gasteiger partial charge in [-0.3, -0.25) is 4.79 Å². The lowest BCUT2D eigenvalue weighted by molar-refractivity contribution is 0.0742. The maximum atomic E-state index is 12.6. The number of halogens is 3. The fraction of sp³-hybridized carbons (Fsp3) is 0.200. The van der Waals surface area contributed by atoms with E-state index in [0.717, 1.165) is 5.56 Å². The molecule has 0 aliphatic carbocycles. The maximum absolute atomic E-state index is 12.6. The Hall–Kier alpha value is -1.10. The van der Waals surface area contributed by atoms with Crippen LogP contribution in [0, 0.1) is 0 Å². The monoisotopic (exact) mass is 386 g/mol. The number of pyridine rings is 1. The van der Waals surface area contributed by atoms with Gasteiger partial charge in [-0.05, 0) is 46.6 Å². The van der Waals surface area contributed by atoms with Gasteiger partial charge in [-0.2, -0.15) is 0 Å². The highest BCUT2D eigenvalue weighted by Crippen LogP contribution is 2.25. The molecular formula is C15H13BrCl2N2O. The molecule has 1 aromatic carbocycles. The summed E-state index contributed by atoms with van der Waals surface area (Å²) in [5.74, 6) is -0.184. The van der Waals surface area contributed by atoms with Crippen molar-refractivity contribution in [3.8, 4) is 0 Å². The van der Waals surface area contributed by atoms with Crippen molar-refractivity contribution in [1.29, 1.82) is 0 Å². The van der Waals surface area contributed by atoms with Gasteiger partial charge in [0.2, 0.25) is 0 Å². The number of nitrogens with zero attached hydrogens (tertiary/aromatic N) is 2. The molecule has 21 heavy (non-hydrogen) atoms. The van der Waals surface area contributed by atoms with Crippen LogP contribution in [0.2, 0.25) is 10.2 Å². The minimum Gasteiger partial charge on any atom is -0.335 e. The molecule has 0 aliphatic rings. The summed E-state index contributed by atoms with van der Waals surface area (Å²) in [5.41, 5.74) is 1.36. The predicted molar refractivity (Wildman–Crippen MR) is 88.9 cm³/mol. The summed E-state index contributed by atoms with van der Waals surface area (Å²) < 4.78 is 0.711. The average Bonchev–Trinajstić information content (AvgIpc) is 2.48. The van der Waals surface area contributed by atoms with Gasteiger partial charge >= 0.3 is 0 Å². The second kappa shape index (κ2) is 6.77. The van der Waals surface area contributed by atoms with Gasteiger partial charge in [-0.25, -0.2) is 4.98 Å². The zero-order valence-electron chi connectivity index (χ0n) is 11.5. The first kappa shape index (κ1) is 16.3. The van der Waals surface area contributed by atoms with Crippen LogP contribution in [0.3, 0.4) is 0 Å². The Morgan fingerprint density at radius 2 is 1.90 bits per heavy atom. The molecule has 0 radical (unpaired) electrons. The quantitative estimate of drug-likeness (QED) is 0.695. The lowest BCUT2D eigenvalue weighted by Gasteiger charge is -2.25. The van der Waals surface area contributed by atoms with Gasteiger partial charge < -0.3 is 4.90 Å². The van der Waals surface area contributed by atoms with Gasteiger partial charge in [0.15, 0.2) is 0 Å². The van der Waals surface area contributed by atoms with E-state index in [2.05, 4.69) is 20.9 Å². The Bertz CT molecular complexity index is 661. The van der Waals surface area contributed by atoms with E-state index in [9.17, 15) is 4.79 Å². The average molecular weight is 388 g/mol. The molecule has 0 aliphatic heterocycles. The molecule has 3 nitrogen and oxygen atoms in total. The minimum absolute atomic E-state index is 0.107. The first-order valence-corrected chi connectivity index (χ1v) is 7.78. The number of carbonyl (C=O) groups is 1. The number of carbonyl (C=O) groups excluding carboxylic acids is 1. The first-order chi connectivity index (χ1) is 9.90. The molecule has 2 aromatic rings. The SMILES string of the molecule is CC(c1ccc(Cl)cc1)N(C)C(=O)c1cc(Br)cnc1Cl. The van der Waals surface area contributed by atoms with E-state index in [1.54, 1.807) is 36.3 Å². The Labute approximate surface area is 142 Å². The number of hydrogen-bond acceptors (Lipinski definition) is 2. The van der Waals surface area contributed by atoms with Crippen LogP contribution >= 0.6 is 39.1 Å². The summed E-state index contributed by atoms with van der Waals surface area (Å²) in [5, 5.41) is 0.859. The Kier molecular flexibility index (Phi) is 5.25. The van der Waals surface area contributed by atoms with Crippen LogP contribution in [0.1, 0.15) is 28.9 Å². The van der Waals surface area contributed by atoms with E-state index in [1.807, 2.05) is 19.1 Å². The molecule has 6 heteroatoms. The smallest absolute Gasteiger partial charge is 0.257 e. The lowest BCUT2D eigenvalue weighted by Crippen LogP contribution is -2.30. The summed E-state index contributed by atoms with van der Waals surface area (Å²) >= 11 is 15.2. The molecule has 0 saturated heterocycles. The lowest BCUT2D eigenvalue weighted by atomic mass is 10.1. The van der Waals surface area contributed by atoms with Gasteiger partial charge in [0.05, 0.1) is 11.6 Å². The van der Waals surface area contributed by atoms with Gasteiger partial charge in [0.1, 0.15) is 5.15 Å². The fourth-order valence-electron chi connectivity index (χ4n) is 1.90. The summed E-state index contributed by atoms with van der Waals surface area (Å²) in [7, 11) is 1.73. The third kappa shape index (κ3) is 3.76. The van der Waals surface area contributed by atoms with Crippen molar-refractivity contribution in [1.82, 2.24) is 9.88 Å². The highest BCUT2D eigenvalue weighted by atomic mass is 79.9. The number of amides is 1. The van der Waals surface area contributed by atoms with Crippen LogP contribution in [0.5, 0.6) is 0 Å². The molecule has 1 amide bonds. The molecular weight excluding hydrogens is 375 g/mol. The molecule has 1 unspecified atom stereocenters. The zero-order valence-corrected chi connectivity index (χ0v) is 14.6. The standard InChI is InChI=1S/C15H13BrCl2N2O/c1-9(10-3-5-12(17)6-4-10)20(2)15(21)13-7-11(16)8-19-14(13)18/h3-9H,1-2H3. The van der Waals surface area contributed by atoms with Crippen molar-refractivity contribution < 1.29 is 4.79 Å². The highest BCUT2D eigenvalue weighted by Gasteiger charge is 2.21. The van der Waals surface area contributed by atoms with Gasteiger partial charge in [-0.1, -0.05) is 35.3 Å². The predicted octanol–water partition coefficient (Wildman–Crippen LogP) is 4.98. The van der Waals surface area contributed by atoms with E-state index < -0.39 is 0 Å². The second-order valence-corrected chi connectivity index (χ2v) is 6.35. The van der Waals surface area contributed by atoms with Crippen molar-refractivity contribution in [3.05, 3.63) is 62.3 Å². The zero-order chi connectivity index (χ0) is 15.6. The van der Waals surface area contributed by atoms with Crippen molar-refractivity contribution in [2.24, 2.45) is 0 Å². The van der Waals surface area contributed by atoms with Crippen molar-refractivity contribution in [3.63, 3.8) is 0 Å². The molecule has 0 bridgehead atoms. The summed E-state index contributed by atoms with van der Waals surface area (Å²) in [4.78, 5) is 18.2. The summed E-state index contributed by atoms with van der Waals surface area (Å²) in [6.07, 6.45) is 1.56. The molecule has 2 rings (SSSR count). The summed E-state index contributed by atoms with van der Waals surface area (Å²) in [6.45, 7) is 1.94. The number of benzene rings is 1. The van der Waals surface area contributed by atoms with Gasteiger partial charge in [-0.15, -0.1) is 0 Å². The Morgan fingerprint density at radius 1 is 1.29 bits per heavy atom. The number of hydrogen-bond donors (Lipinski definition) is 0. The molecule has 1 atom stereocenters. The van der Waals surface area contributed by atoms with E-state index in [1.165, 1.54) is 0 Å². The minimum atomic E-state index is -0.184. The van der Waals surface area contributed by atoms with Crippen molar-refractivity contribution >= 4 is 45.0 Å². The molecule has 0 spiro atoms. The van der Waals surface area contributed by atoms with E-state index >= 15 is 0 Å². The third-order valence-corrected chi connectivity index (χ3v) is 4.28. The molecule has 0 saturated carbocycles. The van der Waals surface area contributed by atoms with Crippen LogP contribution in [0.15, 0.2) is 41.0 Å². The Balaban J connectivity index is 2.26. The van der Waals surface area contributed by atoms with E-state index in [0.29, 0.717) is 15.1 Å². The molecule has 1 heterocycles. The Morgan fingerprint density at radius 3 is 2.52 bits per heavy atom. The van der Waals surface area contributed by atoms with Crippen LogP contribution in [0.25, 0.3) is 0 Å². The molecule has 110 valence electrons. The summed E-state index contributed by atoms with van der Waals surface area (Å²) in [6, 6.07) is 8.97. The molecule has 1 aromatic heterocycles. The van der Waals surface area contributed by atoms with Crippen LogP contribution in [0.4, 0.5) is 0 Å². The van der Waals surface area contributed by atoms with E-state index in [-0.39, 0.29) is 17.1 Å². The van der Waals surface area contributed by atoms with E-state index in [4.69, 9.17) is 23.2 Å². The van der Waals surface area contributed by atoms with Crippen molar-refractivity contribution in [2.75, 3.05) is 7.05 Å². The first-order valence-electron chi connectivity index (χ1n) is 6.24. The van der Waals surface area contributed by atoms with Gasteiger partial charge in [0.25, 0.3) is 5.91 Å². The number of rotatable bonds is 3. The van der Waals surface area contributed by atoms with Crippen LogP contribution in [-0.2, 0) is 0 Å². The maximum Gasteiger partial charge on any atom is 0.257 e. The number of aromatic nitrogens is 1. The second-order valence-electron chi connectivity index (χ2n) is 4.64. The normalized spacial score (nSPS) is 12.0. The van der Waals surface area contributed by atoms with Gasteiger partial charge in [0, 0.05) is 22.7 Å². The van der Waals surface area contributed by atoms with Crippen LogP contribution < -0.4 is 0 Å². The largest absolute Gasteiger partial charge is 0.335 e. The topological polar surface area (TPSA) is 33.2 Å². The highest BCUT2D eigenvalue weighted by molar-refractivity contribution is 9.10. The fourth-order valence-corrected chi connectivity index (χ4v) is 2.54. The molecule has 0 fully saturated rings. The van der Waals surface area contributed by atoms with Crippen LogP contribution in [-0.4, -0.2) is 22.8 Å². The van der Waals surface area contributed by atoms with Crippen molar-refractivity contribution in [2.45, 2.75) is 13.0 Å².